The van der Waals surface area contributed by atoms with Crippen molar-refractivity contribution in [3.8, 4) is 0 Å². The van der Waals surface area contributed by atoms with Crippen molar-refractivity contribution in [1.29, 1.82) is 0 Å². The summed E-state index contributed by atoms with van der Waals surface area (Å²) in [6.07, 6.45) is 14.6. The van der Waals surface area contributed by atoms with E-state index in [0.717, 1.165) is 0 Å². The highest BCUT2D eigenvalue weighted by molar-refractivity contribution is 5.09. The van der Waals surface area contributed by atoms with Crippen molar-refractivity contribution >= 4 is 0 Å². The third kappa shape index (κ3) is 5.61. The molecule has 0 radical (unpaired) electrons. The predicted molar refractivity (Wildman–Crippen MR) is 69.0 cm³/mol. The zero-order valence-electron chi connectivity index (χ0n) is 10.5. The highest BCUT2D eigenvalue weighted by atomic mass is 14.0. The minimum Gasteiger partial charge on any atom is -0.0853 e. The van der Waals surface area contributed by atoms with Gasteiger partial charge in [-0.2, -0.15) is 0 Å². The summed E-state index contributed by atoms with van der Waals surface area (Å²) < 4.78 is 0. The van der Waals surface area contributed by atoms with E-state index in [1.165, 1.54) is 38.5 Å². The number of rotatable bonds is 0. The van der Waals surface area contributed by atoms with E-state index < -0.39 is 0 Å². The van der Waals surface area contributed by atoms with Gasteiger partial charge in [-0.25, -0.2) is 0 Å². The molecule has 1 rings (SSSR count). The fraction of sp³-hybridized carbons (Fsp3) is 0.600. The van der Waals surface area contributed by atoms with Crippen molar-refractivity contribution < 1.29 is 0 Å². The van der Waals surface area contributed by atoms with Crippen LogP contribution in [-0.2, 0) is 0 Å². The highest BCUT2D eigenvalue weighted by Crippen LogP contribution is 2.16. The second-order valence-corrected chi connectivity index (χ2v) is 4.77. The van der Waals surface area contributed by atoms with E-state index in [1.54, 1.807) is 16.7 Å². The van der Waals surface area contributed by atoms with Crippen LogP contribution in [0, 0.1) is 0 Å². The molecule has 0 aliphatic heterocycles. The summed E-state index contributed by atoms with van der Waals surface area (Å²) >= 11 is 0. The van der Waals surface area contributed by atoms with E-state index in [1.807, 2.05) is 0 Å². The average Bonchev–Trinajstić information content (AvgIpc) is 2.20. The average molecular weight is 204 g/mol. The van der Waals surface area contributed by atoms with Gasteiger partial charge in [0.2, 0.25) is 0 Å². The van der Waals surface area contributed by atoms with Crippen molar-refractivity contribution in [1.82, 2.24) is 0 Å². The first kappa shape index (κ1) is 12.3. The third-order valence-corrected chi connectivity index (χ3v) is 3.10. The molecule has 0 aromatic carbocycles. The molecule has 0 fully saturated rings. The van der Waals surface area contributed by atoms with E-state index in [0.29, 0.717) is 0 Å². The van der Waals surface area contributed by atoms with Gasteiger partial charge in [-0.3, -0.25) is 0 Å². The minimum atomic E-state index is 1.21. The topological polar surface area (TPSA) is 0 Å². The molecule has 0 saturated heterocycles. The van der Waals surface area contributed by atoms with Crippen LogP contribution in [0.4, 0.5) is 0 Å². The van der Waals surface area contributed by atoms with Crippen LogP contribution in [0.25, 0.3) is 0 Å². The first-order valence-electron chi connectivity index (χ1n) is 6.15. The summed E-state index contributed by atoms with van der Waals surface area (Å²) in [4.78, 5) is 0. The lowest BCUT2D eigenvalue weighted by Crippen LogP contribution is -1.85. The van der Waals surface area contributed by atoms with Gasteiger partial charge in [0.05, 0.1) is 0 Å². The molecule has 0 aromatic rings. The summed E-state index contributed by atoms with van der Waals surface area (Å²) in [5.74, 6) is 0. The van der Waals surface area contributed by atoms with E-state index in [4.69, 9.17) is 0 Å². The van der Waals surface area contributed by atoms with Crippen molar-refractivity contribution in [3.05, 3.63) is 34.9 Å². The summed E-state index contributed by atoms with van der Waals surface area (Å²) in [6, 6.07) is 0. The number of allylic oxidation sites excluding steroid dienone is 6. The van der Waals surface area contributed by atoms with E-state index in [-0.39, 0.29) is 0 Å². The molecule has 0 heteroatoms. The Morgan fingerprint density at radius 2 is 1.00 bits per heavy atom. The lowest BCUT2D eigenvalue weighted by atomic mass is 10.0. The maximum atomic E-state index is 2.41. The molecule has 0 N–H and O–H groups in total. The van der Waals surface area contributed by atoms with Gasteiger partial charge in [-0.15, -0.1) is 0 Å². The molecule has 0 spiro atoms. The van der Waals surface area contributed by atoms with Crippen LogP contribution in [0.3, 0.4) is 0 Å². The van der Waals surface area contributed by atoms with Crippen LogP contribution >= 0.6 is 0 Å². The van der Waals surface area contributed by atoms with Crippen LogP contribution < -0.4 is 0 Å². The molecular formula is C15H24. The maximum Gasteiger partial charge on any atom is -0.0286 e. The van der Waals surface area contributed by atoms with Gasteiger partial charge in [-0.05, 0) is 59.3 Å². The number of hydrogen-bond acceptors (Lipinski definition) is 0. The van der Waals surface area contributed by atoms with E-state index >= 15 is 0 Å². The summed E-state index contributed by atoms with van der Waals surface area (Å²) in [7, 11) is 0. The molecule has 1 aliphatic carbocycles. The smallest absolute Gasteiger partial charge is 0.0286 e. The number of hydrogen-bond donors (Lipinski definition) is 0. The first-order chi connectivity index (χ1) is 7.18. The lowest BCUT2D eigenvalue weighted by Gasteiger charge is -2.05. The maximum absolute atomic E-state index is 2.41. The Kier molecular flexibility index (Phi) is 5.45. The molecule has 0 amide bonds. The Morgan fingerprint density at radius 3 is 1.53 bits per heavy atom. The Morgan fingerprint density at radius 1 is 0.600 bits per heavy atom. The Labute approximate surface area is 94.8 Å². The zero-order valence-corrected chi connectivity index (χ0v) is 10.5. The SMILES string of the molecule is CC1=CCC/C=C(/C)CCC=C(C)CC1. The predicted octanol–water partition coefficient (Wildman–Crippen LogP) is 5.18. The lowest BCUT2D eigenvalue weighted by molar-refractivity contribution is 0.868. The summed E-state index contributed by atoms with van der Waals surface area (Å²) in [5, 5.41) is 0. The van der Waals surface area contributed by atoms with Crippen LogP contribution in [0.5, 0.6) is 0 Å². The van der Waals surface area contributed by atoms with Crippen molar-refractivity contribution in [2.24, 2.45) is 0 Å². The molecule has 0 heterocycles. The molecule has 0 aromatic heterocycles. The molecular weight excluding hydrogens is 180 g/mol. The second kappa shape index (κ2) is 6.66. The van der Waals surface area contributed by atoms with Gasteiger partial charge in [-0.1, -0.05) is 34.9 Å². The Bertz CT molecular complexity index is 276. The van der Waals surface area contributed by atoms with Gasteiger partial charge in [0.15, 0.2) is 0 Å². The third-order valence-electron chi connectivity index (χ3n) is 3.10. The van der Waals surface area contributed by atoms with Gasteiger partial charge in [0, 0.05) is 0 Å². The fourth-order valence-corrected chi connectivity index (χ4v) is 1.91. The minimum absolute atomic E-state index is 1.21. The standard InChI is InChI=1S/C15H24/c1-13-7-4-5-8-14(2)11-12-15(3)10-6-9-13/h7-8,10H,4-6,9,11-12H2,1-3H3/b13-7-,14-8?,15-10?. The van der Waals surface area contributed by atoms with Crippen molar-refractivity contribution in [2.45, 2.75) is 59.3 Å². The highest BCUT2D eigenvalue weighted by Gasteiger charge is 1.96. The zero-order chi connectivity index (χ0) is 11.1. The largest absolute Gasteiger partial charge is 0.0853 e. The molecule has 0 bridgehead atoms. The Hall–Kier alpha value is -0.780. The van der Waals surface area contributed by atoms with Gasteiger partial charge >= 0.3 is 0 Å². The van der Waals surface area contributed by atoms with Crippen LogP contribution in [-0.4, -0.2) is 0 Å². The molecule has 84 valence electrons. The molecule has 0 atom stereocenters. The molecule has 1 aliphatic rings. The van der Waals surface area contributed by atoms with Gasteiger partial charge in [0.1, 0.15) is 0 Å². The van der Waals surface area contributed by atoms with Gasteiger partial charge < -0.3 is 0 Å². The normalized spacial score (nSPS) is 24.1. The summed E-state index contributed by atoms with van der Waals surface area (Å²) in [6.45, 7) is 6.78. The van der Waals surface area contributed by atoms with E-state index in [9.17, 15) is 0 Å². The molecule has 0 unspecified atom stereocenters. The quantitative estimate of drug-likeness (QED) is 0.477. The monoisotopic (exact) mass is 204 g/mol. The Balaban J connectivity index is 2.62. The molecule has 15 heavy (non-hydrogen) atoms. The van der Waals surface area contributed by atoms with Gasteiger partial charge in [0.25, 0.3) is 0 Å². The van der Waals surface area contributed by atoms with Crippen LogP contribution in [0.1, 0.15) is 59.3 Å². The summed E-state index contributed by atoms with van der Waals surface area (Å²) in [5.41, 5.74) is 4.65. The fourth-order valence-electron chi connectivity index (χ4n) is 1.91. The first-order valence-corrected chi connectivity index (χ1v) is 6.15. The van der Waals surface area contributed by atoms with Crippen molar-refractivity contribution in [3.63, 3.8) is 0 Å². The van der Waals surface area contributed by atoms with Crippen LogP contribution in [0.15, 0.2) is 34.9 Å². The van der Waals surface area contributed by atoms with Crippen molar-refractivity contribution in [2.75, 3.05) is 0 Å². The van der Waals surface area contributed by atoms with E-state index in [2.05, 4.69) is 39.0 Å². The molecule has 0 saturated carbocycles. The van der Waals surface area contributed by atoms with Crippen LogP contribution in [0.2, 0.25) is 0 Å². The second-order valence-electron chi connectivity index (χ2n) is 4.77. The molecule has 0 nitrogen and oxygen atoms in total.